The molecule has 0 unspecified atom stereocenters. The number of aromatic nitrogens is 1. The van der Waals surface area contributed by atoms with Crippen molar-refractivity contribution >= 4 is 27.5 Å². The van der Waals surface area contributed by atoms with E-state index in [2.05, 4.69) is 28.2 Å². The third-order valence-electron chi connectivity index (χ3n) is 5.14. The normalized spacial score (nSPS) is 21.3. The van der Waals surface area contributed by atoms with Gasteiger partial charge >= 0.3 is 0 Å². The van der Waals surface area contributed by atoms with Gasteiger partial charge in [-0.1, -0.05) is 19.1 Å². The third kappa shape index (κ3) is 3.91. The molecule has 3 heterocycles. The number of fused-ring (bicyclic) bond motifs is 1. The lowest BCUT2D eigenvalue weighted by molar-refractivity contribution is -0.185. The number of thiazole rings is 1. The highest BCUT2D eigenvalue weighted by atomic mass is 32.1. The van der Waals surface area contributed by atoms with Gasteiger partial charge in [-0.15, -0.1) is 11.3 Å². The maximum Gasteiger partial charge on any atom is 0.234 e. The molecule has 26 heavy (non-hydrogen) atoms. The molecule has 1 aromatic heterocycles. The van der Waals surface area contributed by atoms with Crippen LogP contribution in [0.25, 0.3) is 10.2 Å². The molecule has 0 aliphatic carbocycles. The first-order chi connectivity index (χ1) is 12.6. The number of carbonyl (C=O) groups is 1. The van der Waals surface area contributed by atoms with Crippen molar-refractivity contribution in [3.05, 3.63) is 29.3 Å². The van der Waals surface area contributed by atoms with Gasteiger partial charge in [0.2, 0.25) is 5.91 Å². The Kier molecular flexibility index (Phi) is 5.22. The van der Waals surface area contributed by atoms with E-state index in [4.69, 9.17) is 9.47 Å². The van der Waals surface area contributed by atoms with Gasteiger partial charge in [0.25, 0.3) is 0 Å². The second-order valence-corrected chi connectivity index (χ2v) is 8.17. The van der Waals surface area contributed by atoms with Crippen molar-refractivity contribution in [3.8, 4) is 0 Å². The Labute approximate surface area is 157 Å². The van der Waals surface area contributed by atoms with Crippen molar-refractivity contribution in [1.82, 2.24) is 15.2 Å². The van der Waals surface area contributed by atoms with Crippen LogP contribution in [0.3, 0.4) is 0 Å². The summed E-state index contributed by atoms with van der Waals surface area (Å²) in [6.07, 6.45) is 1.67. The maximum atomic E-state index is 12.3. The van der Waals surface area contributed by atoms with E-state index < -0.39 is 0 Å². The lowest BCUT2D eigenvalue weighted by Gasteiger charge is -2.37. The molecule has 1 amide bonds. The van der Waals surface area contributed by atoms with Gasteiger partial charge in [-0.2, -0.15) is 0 Å². The van der Waals surface area contributed by atoms with Crippen LogP contribution < -0.4 is 5.32 Å². The molecule has 0 bridgehead atoms. The predicted molar refractivity (Wildman–Crippen MR) is 101 cm³/mol. The van der Waals surface area contributed by atoms with Crippen molar-refractivity contribution in [2.45, 2.75) is 31.5 Å². The number of hydrogen-bond donors (Lipinski definition) is 1. The summed E-state index contributed by atoms with van der Waals surface area (Å²) in [6.45, 7) is 6.19. The molecule has 0 radical (unpaired) electrons. The Morgan fingerprint density at radius 1 is 1.31 bits per heavy atom. The fraction of sp³-hybridized carbons (Fsp3) is 0.579. The first kappa shape index (κ1) is 17.9. The predicted octanol–water partition coefficient (Wildman–Crippen LogP) is 2.35. The van der Waals surface area contributed by atoms with Crippen molar-refractivity contribution < 1.29 is 14.3 Å². The molecule has 1 aromatic carbocycles. The summed E-state index contributed by atoms with van der Waals surface area (Å²) in [4.78, 5) is 19.2. The molecule has 0 saturated carbocycles. The van der Waals surface area contributed by atoms with Crippen LogP contribution in [0, 0.1) is 0 Å². The SMILES string of the molecule is C[C@@H](CNC(=O)CN1CCC2(CC1)OCCO2)c1nc2ccccc2s1. The molecule has 7 heteroatoms. The van der Waals surface area contributed by atoms with Crippen LogP contribution in [0.1, 0.15) is 30.7 Å². The minimum absolute atomic E-state index is 0.0715. The molecular formula is C19H25N3O3S. The molecule has 1 spiro atoms. The van der Waals surface area contributed by atoms with Gasteiger partial charge in [-0.05, 0) is 12.1 Å². The number of rotatable bonds is 5. The summed E-state index contributed by atoms with van der Waals surface area (Å²) in [5, 5.41) is 4.13. The Bertz CT molecular complexity index is 729. The second-order valence-electron chi connectivity index (χ2n) is 7.11. The molecule has 4 rings (SSSR count). The van der Waals surface area contributed by atoms with Crippen LogP contribution in [0.5, 0.6) is 0 Å². The van der Waals surface area contributed by atoms with Crippen LogP contribution in [-0.2, 0) is 14.3 Å². The zero-order valence-corrected chi connectivity index (χ0v) is 15.9. The van der Waals surface area contributed by atoms with Gasteiger partial charge in [0.15, 0.2) is 5.79 Å². The van der Waals surface area contributed by atoms with Crippen LogP contribution in [0.2, 0.25) is 0 Å². The van der Waals surface area contributed by atoms with Crippen molar-refractivity contribution in [1.29, 1.82) is 0 Å². The minimum atomic E-state index is -0.381. The van der Waals surface area contributed by atoms with Gasteiger partial charge in [0, 0.05) is 38.4 Å². The van der Waals surface area contributed by atoms with E-state index >= 15 is 0 Å². The number of likely N-dealkylation sites (tertiary alicyclic amines) is 1. The van der Waals surface area contributed by atoms with Crippen LogP contribution in [-0.4, -0.2) is 61.0 Å². The summed E-state index contributed by atoms with van der Waals surface area (Å²) >= 11 is 1.70. The van der Waals surface area contributed by atoms with Crippen molar-refractivity contribution in [3.63, 3.8) is 0 Å². The fourth-order valence-electron chi connectivity index (χ4n) is 3.55. The molecule has 2 aliphatic heterocycles. The smallest absolute Gasteiger partial charge is 0.234 e. The van der Waals surface area contributed by atoms with Crippen molar-refractivity contribution in [2.75, 3.05) is 39.4 Å². The molecule has 2 aliphatic rings. The van der Waals surface area contributed by atoms with E-state index in [0.717, 1.165) is 36.5 Å². The van der Waals surface area contributed by atoms with E-state index in [-0.39, 0.29) is 17.6 Å². The number of nitrogens with zero attached hydrogens (tertiary/aromatic N) is 2. The topological polar surface area (TPSA) is 63.7 Å². The maximum absolute atomic E-state index is 12.3. The summed E-state index contributed by atoms with van der Waals surface area (Å²) in [7, 11) is 0. The number of ether oxygens (including phenoxy) is 2. The van der Waals surface area contributed by atoms with Crippen LogP contribution in [0.4, 0.5) is 0 Å². The van der Waals surface area contributed by atoms with Gasteiger partial charge in [-0.3, -0.25) is 9.69 Å². The molecule has 1 N–H and O–H groups in total. The molecule has 140 valence electrons. The van der Waals surface area contributed by atoms with Gasteiger partial charge < -0.3 is 14.8 Å². The van der Waals surface area contributed by atoms with E-state index in [1.54, 1.807) is 11.3 Å². The van der Waals surface area contributed by atoms with Gasteiger partial charge in [0.1, 0.15) is 0 Å². The number of para-hydroxylation sites is 1. The second kappa shape index (κ2) is 7.60. The molecule has 2 fully saturated rings. The monoisotopic (exact) mass is 375 g/mol. The van der Waals surface area contributed by atoms with E-state index in [1.807, 2.05) is 18.2 Å². The number of benzene rings is 1. The fourth-order valence-corrected chi connectivity index (χ4v) is 4.57. The summed E-state index contributed by atoms with van der Waals surface area (Å²) < 4.78 is 12.7. The average molecular weight is 375 g/mol. The number of piperidine rings is 1. The summed E-state index contributed by atoms with van der Waals surface area (Å²) in [5.41, 5.74) is 1.03. The van der Waals surface area contributed by atoms with E-state index in [9.17, 15) is 4.79 Å². The largest absolute Gasteiger partial charge is 0.354 e. The minimum Gasteiger partial charge on any atom is -0.354 e. The van der Waals surface area contributed by atoms with Gasteiger partial charge in [0.05, 0.1) is 35.0 Å². The molecule has 2 saturated heterocycles. The van der Waals surface area contributed by atoms with Gasteiger partial charge in [-0.25, -0.2) is 4.98 Å². The van der Waals surface area contributed by atoms with Crippen LogP contribution >= 0.6 is 11.3 Å². The molecule has 2 aromatic rings. The third-order valence-corrected chi connectivity index (χ3v) is 6.40. The average Bonchev–Trinajstić information content (AvgIpc) is 3.29. The Morgan fingerprint density at radius 3 is 2.77 bits per heavy atom. The number of nitrogens with one attached hydrogen (secondary N) is 1. The highest BCUT2D eigenvalue weighted by Crippen LogP contribution is 2.31. The quantitative estimate of drug-likeness (QED) is 0.869. The molecular weight excluding hydrogens is 350 g/mol. The zero-order valence-electron chi connectivity index (χ0n) is 15.1. The van der Waals surface area contributed by atoms with Crippen molar-refractivity contribution in [2.24, 2.45) is 0 Å². The lowest BCUT2D eigenvalue weighted by Crippen LogP contribution is -2.48. The highest BCUT2D eigenvalue weighted by molar-refractivity contribution is 7.18. The van der Waals surface area contributed by atoms with E-state index in [0.29, 0.717) is 26.3 Å². The number of amides is 1. The summed E-state index contributed by atoms with van der Waals surface area (Å²) in [5.74, 6) is -0.0997. The number of carbonyl (C=O) groups excluding carboxylic acids is 1. The Hall–Kier alpha value is -1.54. The van der Waals surface area contributed by atoms with E-state index in [1.165, 1.54) is 4.70 Å². The molecule has 6 nitrogen and oxygen atoms in total. The molecule has 1 atom stereocenters. The highest BCUT2D eigenvalue weighted by Gasteiger charge is 2.39. The zero-order chi connectivity index (χ0) is 18.0. The Balaban J connectivity index is 1.23. The lowest BCUT2D eigenvalue weighted by atomic mass is 10.0. The number of hydrogen-bond acceptors (Lipinski definition) is 6. The first-order valence-corrected chi connectivity index (χ1v) is 10.1. The van der Waals surface area contributed by atoms with Crippen LogP contribution in [0.15, 0.2) is 24.3 Å². The first-order valence-electron chi connectivity index (χ1n) is 9.26. The summed E-state index contributed by atoms with van der Waals surface area (Å²) in [6, 6.07) is 8.15. The Morgan fingerprint density at radius 2 is 2.04 bits per heavy atom. The standard InChI is InChI=1S/C19H25N3O3S/c1-14(18-21-15-4-2-3-5-16(15)26-18)12-20-17(23)13-22-8-6-19(7-9-22)24-10-11-25-19/h2-5,14H,6-13H2,1H3,(H,20,23)/t14-/m0/s1.